The lowest BCUT2D eigenvalue weighted by Crippen LogP contribution is -2.51. The number of benzene rings is 1. The first-order valence-electron chi connectivity index (χ1n) is 11.9. The second-order valence-electron chi connectivity index (χ2n) is 8.76. The van der Waals surface area contributed by atoms with Crippen LogP contribution in [0.1, 0.15) is 36.0 Å². The molecule has 2 atom stereocenters. The van der Waals surface area contributed by atoms with E-state index in [0.717, 1.165) is 30.4 Å². The Bertz CT molecular complexity index is 1110. The molecule has 1 fully saturated rings. The highest BCUT2D eigenvalue weighted by molar-refractivity contribution is 6.01. The molecule has 2 heterocycles. The molecule has 1 aliphatic rings. The van der Waals surface area contributed by atoms with Crippen LogP contribution < -0.4 is 16.4 Å². The van der Waals surface area contributed by atoms with Crippen LogP contribution in [-0.2, 0) is 32.0 Å². The minimum Gasteiger partial charge on any atom is -0.368 e. The van der Waals surface area contributed by atoms with Gasteiger partial charge in [-0.2, -0.15) is 5.26 Å². The third-order valence-electron chi connectivity index (χ3n) is 6.07. The second-order valence-corrected chi connectivity index (χ2v) is 8.76. The van der Waals surface area contributed by atoms with E-state index in [2.05, 4.69) is 15.6 Å². The number of hydrogen-bond donors (Lipinski definition) is 3. The third-order valence-corrected chi connectivity index (χ3v) is 6.07. The average Bonchev–Trinajstić information content (AvgIpc) is 2.91. The van der Waals surface area contributed by atoms with E-state index in [1.165, 1.54) is 0 Å². The Morgan fingerprint density at radius 2 is 1.75 bits per heavy atom. The first-order chi connectivity index (χ1) is 17.4. The normalized spacial score (nSPS) is 14.7. The van der Waals surface area contributed by atoms with E-state index in [1.54, 1.807) is 53.7 Å². The number of nitriles is 1. The number of nitrogens with one attached hydrogen (secondary N) is 2. The maximum absolute atomic E-state index is 13.2. The van der Waals surface area contributed by atoms with Crippen molar-refractivity contribution in [3.8, 4) is 6.07 Å². The van der Waals surface area contributed by atoms with E-state index in [-0.39, 0.29) is 18.7 Å². The Hall–Kier alpha value is -4.26. The highest BCUT2D eigenvalue weighted by atomic mass is 16.2. The SMILES string of the molecule is N#Cc1ccc(C[C@H](C(=O)NCC(=O)N[C@@H](Cc2cccnc2)C(N)=O)C(=O)N2CCCCC2)cc1. The smallest absolute Gasteiger partial charge is 0.240 e. The molecule has 4 N–H and O–H groups in total. The van der Waals surface area contributed by atoms with E-state index < -0.39 is 36.2 Å². The first kappa shape index (κ1) is 26.3. The minimum atomic E-state index is -1.02. The molecular formula is C26H30N6O4. The van der Waals surface area contributed by atoms with Crippen molar-refractivity contribution in [2.24, 2.45) is 11.7 Å². The lowest BCUT2D eigenvalue weighted by atomic mass is 9.95. The summed E-state index contributed by atoms with van der Waals surface area (Å²) in [7, 11) is 0. The summed E-state index contributed by atoms with van der Waals surface area (Å²) in [6.07, 6.45) is 6.27. The maximum atomic E-state index is 13.2. The number of rotatable bonds is 10. The first-order valence-corrected chi connectivity index (χ1v) is 11.9. The highest BCUT2D eigenvalue weighted by Gasteiger charge is 2.32. The number of amides is 4. The van der Waals surface area contributed by atoms with Crippen molar-refractivity contribution in [1.82, 2.24) is 20.5 Å². The summed E-state index contributed by atoms with van der Waals surface area (Å²) < 4.78 is 0. The highest BCUT2D eigenvalue weighted by Crippen LogP contribution is 2.17. The summed E-state index contributed by atoms with van der Waals surface area (Å²) in [6.45, 7) is 0.767. The third kappa shape index (κ3) is 7.63. The fraction of sp³-hybridized carbons (Fsp3) is 0.385. The van der Waals surface area contributed by atoms with Crippen molar-refractivity contribution >= 4 is 23.6 Å². The van der Waals surface area contributed by atoms with Crippen LogP contribution >= 0.6 is 0 Å². The maximum Gasteiger partial charge on any atom is 0.240 e. The molecule has 0 aliphatic carbocycles. The van der Waals surface area contributed by atoms with Gasteiger partial charge in [-0.15, -0.1) is 0 Å². The van der Waals surface area contributed by atoms with Gasteiger partial charge < -0.3 is 21.3 Å². The summed E-state index contributed by atoms with van der Waals surface area (Å²) in [5.41, 5.74) is 7.37. The zero-order valence-corrected chi connectivity index (χ0v) is 20.0. The van der Waals surface area contributed by atoms with Crippen LogP contribution in [0.3, 0.4) is 0 Å². The van der Waals surface area contributed by atoms with Crippen LogP contribution in [0, 0.1) is 17.2 Å². The van der Waals surface area contributed by atoms with Gasteiger partial charge in [-0.3, -0.25) is 24.2 Å². The van der Waals surface area contributed by atoms with Crippen molar-refractivity contribution in [3.63, 3.8) is 0 Å². The Labute approximate surface area is 209 Å². The van der Waals surface area contributed by atoms with Gasteiger partial charge in [0.25, 0.3) is 0 Å². The van der Waals surface area contributed by atoms with Crippen molar-refractivity contribution in [3.05, 3.63) is 65.5 Å². The van der Waals surface area contributed by atoms with Crippen LogP contribution in [0.4, 0.5) is 0 Å². The molecule has 3 rings (SSSR count). The Kier molecular flexibility index (Phi) is 9.51. The number of pyridine rings is 1. The number of hydrogen-bond acceptors (Lipinski definition) is 6. The van der Waals surface area contributed by atoms with Crippen molar-refractivity contribution < 1.29 is 19.2 Å². The number of nitrogens with zero attached hydrogens (tertiary/aromatic N) is 3. The lowest BCUT2D eigenvalue weighted by Gasteiger charge is -2.30. The average molecular weight is 491 g/mol. The molecule has 1 aromatic carbocycles. The molecule has 10 heteroatoms. The molecule has 1 aromatic heterocycles. The van der Waals surface area contributed by atoms with Gasteiger partial charge in [-0.05, 0) is 55.0 Å². The number of primary amides is 1. The molecule has 0 saturated carbocycles. The Morgan fingerprint density at radius 3 is 2.36 bits per heavy atom. The predicted octanol–water partition coefficient (Wildman–Crippen LogP) is 0.453. The number of aromatic nitrogens is 1. The van der Waals surface area contributed by atoms with E-state index in [9.17, 15) is 19.2 Å². The zero-order chi connectivity index (χ0) is 25.9. The van der Waals surface area contributed by atoms with E-state index in [1.807, 2.05) is 6.07 Å². The molecule has 2 aromatic rings. The number of likely N-dealkylation sites (tertiary alicyclic amines) is 1. The number of carbonyl (C=O) groups excluding carboxylic acids is 4. The van der Waals surface area contributed by atoms with Gasteiger partial charge in [-0.1, -0.05) is 18.2 Å². The quantitative estimate of drug-likeness (QED) is 0.410. The topological polar surface area (TPSA) is 158 Å². The number of nitrogens with two attached hydrogens (primary N) is 1. The van der Waals surface area contributed by atoms with Crippen molar-refractivity contribution in [2.75, 3.05) is 19.6 Å². The number of piperidine rings is 1. The van der Waals surface area contributed by atoms with Crippen LogP contribution in [0.2, 0.25) is 0 Å². The summed E-state index contributed by atoms with van der Waals surface area (Å²) in [5, 5.41) is 14.1. The monoisotopic (exact) mass is 490 g/mol. The van der Waals surface area contributed by atoms with Gasteiger partial charge in [-0.25, -0.2) is 0 Å². The summed E-state index contributed by atoms with van der Waals surface area (Å²) >= 11 is 0. The van der Waals surface area contributed by atoms with Gasteiger partial charge in [0.2, 0.25) is 23.6 Å². The minimum absolute atomic E-state index is 0.138. The second kappa shape index (κ2) is 13.0. The molecule has 188 valence electrons. The summed E-state index contributed by atoms with van der Waals surface area (Å²) in [6, 6.07) is 11.2. The molecule has 0 unspecified atom stereocenters. The Balaban J connectivity index is 1.64. The van der Waals surface area contributed by atoms with Crippen LogP contribution in [0.25, 0.3) is 0 Å². The van der Waals surface area contributed by atoms with E-state index in [0.29, 0.717) is 18.7 Å². The molecule has 10 nitrogen and oxygen atoms in total. The summed E-state index contributed by atoms with van der Waals surface area (Å²) in [5.74, 6) is -3.20. The Morgan fingerprint density at radius 1 is 1.03 bits per heavy atom. The van der Waals surface area contributed by atoms with Gasteiger partial charge in [0, 0.05) is 31.9 Å². The van der Waals surface area contributed by atoms with Gasteiger partial charge in [0.15, 0.2) is 0 Å². The number of carbonyl (C=O) groups is 4. The molecule has 1 aliphatic heterocycles. The van der Waals surface area contributed by atoms with Gasteiger partial charge in [0.1, 0.15) is 12.0 Å². The lowest BCUT2D eigenvalue weighted by molar-refractivity contribution is -0.143. The fourth-order valence-corrected chi connectivity index (χ4v) is 4.09. The van der Waals surface area contributed by atoms with E-state index in [4.69, 9.17) is 11.0 Å². The van der Waals surface area contributed by atoms with Gasteiger partial charge >= 0.3 is 0 Å². The molecule has 0 spiro atoms. The predicted molar refractivity (Wildman–Crippen MR) is 131 cm³/mol. The molecule has 4 amide bonds. The summed E-state index contributed by atoms with van der Waals surface area (Å²) in [4.78, 5) is 56.3. The molecule has 36 heavy (non-hydrogen) atoms. The van der Waals surface area contributed by atoms with Gasteiger partial charge in [0.05, 0.1) is 18.2 Å². The standard InChI is InChI=1S/C26H30N6O4/c27-15-19-8-6-18(7-9-19)13-21(26(36)32-11-2-1-3-12-32)25(35)30-17-23(33)31-22(24(28)34)14-20-5-4-10-29-16-20/h4-10,16,21-22H,1-3,11-14,17H2,(H2,28,34)(H,30,35)(H,31,33)/t21-,22+/m1/s1. The zero-order valence-electron chi connectivity index (χ0n) is 20.0. The largest absolute Gasteiger partial charge is 0.368 e. The van der Waals surface area contributed by atoms with Crippen LogP contribution in [0.5, 0.6) is 0 Å². The molecular weight excluding hydrogens is 460 g/mol. The molecule has 0 radical (unpaired) electrons. The molecule has 0 bridgehead atoms. The van der Waals surface area contributed by atoms with Crippen LogP contribution in [-0.4, -0.2) is 59.2 Å². The van der Waals surface area contributed by atoms with Crippen LogP contribution in [0.15, 0.2) is 48.8 Å². The van der Waals surface area contributed by atoms with E-state index >= 15 is 0 Å². The van der Waals surface area contributed by atoms with Crippen molar-refractivity contribution in [1.29, 1.82) is 5.26 Å². The molecule has 1 saturated heterocycles. The fourth-order valence-electron chi connectivity index (χ4n) is 4.09. The van der Waals surface area contributed by atoms with Crippen molar-refractivity contribution in [2.45, 2.75) is 38.1 Å².